The van der Waals surface area contributed by atoms with Crippen molar-refractivity contribution in [1.29, 1.82) is 0 Å². The van der Waals surface area contributed by atoms with E-state index in [0.717, 1.165) is 11.4 Å². The third kappa shape index (κ3) is 3.33. The van der Waals surface area contributed by atoms with Crippen LogP contribution >= 0.6 is 0 Å². The van der Waals surface area contributed by atoms with Crippen molar-refractivity contribution >= 4 is 17.4 Å². The number of carbonyl (C=O) groups excluding carboxylic acids is 1. The Bertz CT molecular complexity index is 566. The van der Waals surface area contributed by atoms with Gasteiger partial charge in [0.15, 0.2) is 0 Å². The van der Waals surface area contributed by atoms with E-state index in [-0.39, 0.29) is 5.91 Å². The van der Waals surface area contributed by atoms with Crippen molar-refractivity contribution in [2.24, 2.45) is 5.73 Å². The van der Waals surface area contributed by atoms with Crippen LogP contribution in [0.2, 0.25) is 0 Å². The van der Waals surface area contributed by atoms with Gasteiger partial charge in [-0.1, -0.05) is 30.3 Å². The molecule has 1 aromatic heterocycles. The van der Waals surface area contributed by atoms with E-state index in [0.29, 0.717) is 5.69 Å². The number of hydrogen-bond donors (Lipinski definition) is 2. The fraction of sp³-hybridized carbons (Fsp3) is 0.200. The number of pyridine rings is 1. The summed E-state index contributed by atoms with van der Waals surface area (Å²) < 4.78 is 0. The van der Waals surface area contributed by atoms with Crippen molar-refractivity contribution in [3.8, 4) is 0 Å². The summed E-state index contributed by atoms with van der Waals surface area (Å²) in [5, 5.41) is 2.76. The highest BCUT2D eigenvalue weighted by Crippen LogP contribution is 2.15. The van der Waals surface area contributed by atoms with Gasteiger partial charge in [-0.3, -0.25) is 4.79 Å². The molecule has 0 saturated carbocycles. The minimum Gasteiger partial charge on any atom is -0.363 e. The Labute approximate surface area is 118 Å². The Hall–Kier alpha value is -2.40. The monoisotopic (exact) mass is 270 g/mol. The van der Waals surface area contributed by atoms with Gasteiger partial charge in [0.1, 0.15) is 11.9 Å². The SMILES string of the molecule is CN(C)c1ccc(NC(=O)[C@@H](N)c2ccccc2)cn1. The zero-order chi connectivity index (χ0) is 14.5. The predicted molar refractivity (Wildman–Crippen MR) is 80.6 cm³/mol. The summed E-state index contributed by atoms with van der Waals surface area (Å²) in [5.41, 5.74) is 7.34. The number of benzene rings is 1. The average molecular weight is 270 g/mol. The van der Waals surface area contributed by atoms with E-state index in [1.807, 2.05) is 55.4 Å². The number of carbonyl (C=O) groups is 1. The molecule has 0 saturated heterocycles. The standard InChI is InChI=1S/C15H18N4O/c1-19(2)13-9-8-12(10-17-13)18-15(20)14(16)11-6-4-3-5-7-11/h3-10,14H,16H2,1-2H3,(H,18,20)/t14-/m0/s1. The molecule has 0 spiro atoms. The second kappa shape index (κ2) is 6.16. The van der Waals surface area contributed by atoms with Crippen LogP contribution < -0.4 is 16.0 Å². The van der Waals surface area contributed by atoms with E-state index >= 15 is 0 Å². The van der Waals surface area contributed by atoms with Gasteiger partial charge in [-0.05, 0) is 17.7 Å². The smallest absolute Gasteiger partial charge is 0.245 e. The summed E-state index contributed by atoms with van der Waals surface area (Å²) in [6.45, 7) is 0. The van der Waals surface area contributed by atoms with E-state index in [9.17, 15) is 4.79 Å². The molecular weight excluding hydrogens is 252 g/mol. The first-order valence-electron chi connectivity index (χ1n) is 6.32. The molecule has 20 heavy (non-hydrogen) atoms. The van der Waals surface area contributed by atoms with Gasteiger partial charge in [-0.25, -0.2) is 4.98 Å². The number of nitrogens with one attached hydrogen (secondary N) is 1. The maximum atomic E-state index is 12.1. The average Bonchev–Trinajstić information content (AvgIpc) is 2.48. The molecule has 5 heteroatoms. The van der Waals surface area contributed by atoms with Crippen LogP contribution in [-0.4, -0.2) is 25.0 Å². The van der Waals surface area contributed by atoms with Crippen LogP contribution in [0.15, 0.2) is 48.7 Å². The lowest BCUT2D eigenvalue weighted by atomic mass is 10.1. The zero-order valence-corrected chi connectivity index (χ0v) is 11.6. The Morgan fingerprint density at radius 2 is 1.90 bits per heavy atom. The van der Waals surface area contributed by atoms with E-state index in [4.69, 9.17) is 5.73 Å². The number of anilines is 2. The van der Waals surface area contributed by atoms with Crippen LogP contribution in [-0.2, 0) is 4.79 Å². The van der Waals surface area contributed by atoms with Gasteiger partial charge in [0, 0.05) is 14.1 Å². The molecule has 3 N–H and O–H groups in total. The molecule has 5 nitrogen and oxygen atoms in total. The predicted octanol–water partition coefficient (Wildman–Crippen LogP) is 1.79. The largest absolute Gasteiger partial charge is 0.363 e. The van der Waals surface area contributed by atoms with Gasteiger partial charge in [0.2, 0.25) is 5.91 Å². The fourth-order valence-electron chi connectivity index (χ4n) is 1.76. The number of nitrogens with zero attached hydrogens (tertiary/aromatic N) is 2. The van der Waals surface area contributed by atoms with Crippen molar-refractivity contribution in [3.63, 3.8) is 0 Å². The van der Waals surface area contributed by atoms with Crippen LogP contribution in [0.3, 0.4) is 0 Å². The van der Waals surface area contributed by atoms with Gasteiger partial charge in [-0.15, -0.1) is 0 Å². The van der Waals surface area contributed by atoms with Crippen LogP contribution in [0.4, 0.5) is 11.5 Å². The molecule has 0 aliphatic heterocycles. The van der Waals surface area contributed by atoms with Gasteiger partial charge in [0.05, 0.1) is 11.9 Å². The lowest BCUT2D eigenvalue weighted by Gasteiger charge is -2.14. The summed E-state index contributed by atoms with van der Waals surface area (Å²) in [4.78, 5) is 18.2. The first kappa shape index (κ1) is 14.0. The van der Waals surface area contributed by atoms with E-state index < -0.39 is 6.04 Å². The Kier molecular flexibility index (Phi) is 4.32. The van der Waals surface area contributed by atoms with Gasteiger partial charge >= 0.3 is 0 Å². The summed E-state index contributed by atoms with van der Waals surface area (Å²) in [6, 6.07) is 12.2. The van der Waals surface area contributed by atoms with Crippen molar-refractivity contribution in [2.45, 2.75) is 6.04 Å². The summed E-state index contributed by atoms with van der Waals surface area (Å²) >= 11 is 0. The highest BCUT2D eigenvalue weighted by molar-refractivity contribution is 5.95. The highest BCUT2D eigenvalue weighted by Gasteiger charge is 2.15. The van der Waals surface area contributed by atoms with Crippen molar-refractivity contribution in [3.05, 3.63) is 54.2 Å². The topological polar surface area (TPSA) is 71.2 Å². The lowest BCUT2D eigenvalue weighted by Crippen LogP contribution is -2.27. The zero-order valence-electron chi connectivity index (χ0n) is 11.6. The third-order valence-electron chi connectivity index (χ3n) is 2.91. The summed E-state index contributed by atoms with van der Waals surface area (Å²) in [7, 11) is 3.82. The molecule has 104 valence electrons. The first-order chi connectivity index (χ1) is 9.58. The second-order valence-electron chi connectivity index (χ2n) is 4.68. The maximum Gasteiger partial charge on any atom is 0.245 e. The molecule has 1 amide bonds. The number of nitrogens with two attached hydrogens (primary N) is 1. The maximum absolute atomic E-state index is 12.1. The normalized spacial score (nSPS) is 11.8. The van der Waals surface area contributed by atoms with E-state index in [1.165, 1.54) is 0 Å². The van der Waals surface area contributed by atoms with E-state index in [1.54, 1.807) is 12.3 Å². The molecule has 0 radical (unpaired) electrons. The van der Waals surface area contributed by atoms with E-state index in [2.05, 4.69) is 10.3 Å². The molecule has 2 aromatic rings. The summed E-state index contributed by atoms with van der Waals surface area (Å²) in [5.74, 6) is 0.575. The first-order valence-corrected chi connectivity index (χ1v) is 6.32. The lowest BCUT2D eigenvalue weighted by molar-refractivity contribution is -0.117. The number of aromatic nitrogens is 1. The number of amides is 1. The molecule has 1 atom stereocenters. The van der Waals surface area contributed by atoms with Gasteiger partial charge in [-0.2, -0.15) is 0 Å². The third-order valence-corrected chi connectivity index (χ3v) is 2.91. The number of hydrogen-bond acceptors (Lipinski definition) is 4. The molecule has 0 fully saturated rings. The molecule has 2 rings (SSSR count). The Balaban J connectivity index is 2.04. The van der Waals surface area contributed by atoms with Crippen LogP contribution in [0.1, 0.15) is 11.6 Å². The molecule has 0 aliphatic carbocycles. The van der Waals surface area contributed by atoms with Crippen molar-refractivity contribution in [2.75, 3.05) is 24.3 Å². The van der Waals surface area contributed by atoms with Crippen molar-refractivity contribution in [1.82, 2.24) is 4.98 Å². The fourth-order valence-corrected chi connectivity index (χ4v) is 1.76. The molecule has 1 aromatic carbocycles. The summed E-state index contributed by atoms with van der Waals surface area (Å²) in [6.07, 6.45) is 1.62. The molecule has 0 aliphatic rings. The van der Waals surface area contributed by atoms with Crippen LogP contribution in [0.25, 0.3) is 0 Å². The van der Waals surface area contributed by atoms with Crippen LogP contribution in [0, 0.1) is 0 Å². The Morgan fingerprint density at radius 3 is 2.45 bits per heavy atom. The number of rotatable bonds is 4. The quantitative estimate of drug-likeness (QED) is 0.888. The highest BCUT2D eigenvalue weighted by atomic mass is 16.2. The molecule has 1 heterocycles. The molecule has 0 unspecified atom stereocenters. The molecular formula is C15H18N4O. The van der Waals surface area contributed by atoms with Gasteiger partial charge < -0.3 is 16.0 Å². The van der Waals surface area contributed by atoms with Gasteiger partial charge in [0.25, 0.3) is 0 Å². The minimum absolute atomic E-state index is 0.254. The second-order valence-corrected chi connectivity index (χ2v) is 4.68. The van der Waals surface area contributed by atoms with Crippen molar-refractivity contribution < 1.29 is 4.79 Å². The molecule has 0 bridgehead atoms. The minimum atomic E-state index is -0.690. The van der Waals surface area contributed by atoms with Crippen LogP contribution in [0.5, 0.6) is 0 Å². The Morgan fingerprint density at radius 1 is 1.20 bits per heavy atom.